The van der Waals surface area contributed by atoms with Gasteiger partial charge in [0.2, 0.25) is 0 Å². The Morgan fingerprint density at radius 1 is 1.43 bits per heavy atom. The van der Waals surface area contributed by atoms with E-state index in [9.17, 15) is 9.59 Å². The van der Waals surface area contributed by atoms with Gasteiger partial charge < -0.3 is 5.32 Å². The van der Waals surface area contributed by atoms with Gasteiger partial charge in [0.05, 0.1) is 11.8 Å². The molecule has 21 heavy (non-hydrogen) atoms. The normalized spacial score (nSPS) is 12.0. The first kappa shape index (κ1) is 15.3. The number of benzene rings is 1. The number of carbonyl (C=O) groups excluding carboxylic acids is 2. The van der Waals surface area contributed by atoms with E-state index in [2.05, 4.69) is 10.4 Å². The number of Topliss-reactive ketones (excluding diaryl/α,β-unsaturated/α-hetero) is 1. The molecular formula is C15H16ClN3O2. The predicted molar refractivity (Wildman–Crippen MR) is 80.3 cm³/mol. The second-order valence-corrected chi connectivity index (χ2v) is 5.38. The maximum absolute atomic E-state index is 11.9. The molecule has 2 aromatic rings. The largest absolute Gasteiger partial charge is 0.346 e. The van der Waals surface area contributed by atoms with Crippen LogP contribution in [-0.4, -0.2) is 27.5 Å². The van der Waals surface area contributed by atoms with Gasteiger partial charge in [-0.1, -0.05) is 23.7 Å². The summed E-state index contributed by atoms with van der Waals surface area (Å²) in [6.07, 6.45) is 3.50. The third-order valence-electron chi connectivity index (χ3n) is 2.98. The molecule has 0 bridgehead atoms. The minimum Gasteiger partial charge on any atom is -0.346 e. The van der Waals surface area contributed by atoms with Crippen molar-refractivity contribution in [3.63, 3.8) is 0 Å². The van der Waals surface area contributed by atoms with Crippen LogP contribution in [0, 0.1) is 0 Å². The summed E-state index contributed by atoms with van der Waals surface area (Å²) >= 11 is 5.92. The highest BCUT2D eigenvalue weighted by Gasteiger charge is 2.19. The summed E-state index contributed by atoms with van der Waals surface area (Å²) in [6.45, 7) is 1.84. The standard InChI is InChI=1S/C15H16ClN3O2/c1-10(6-11-4-3-5-13(16)7-11)18-15(21)14(20)12-8-17-19(2)9-12/h3-5,7-10H,6H2,1-2H3,(H,18,21)/t10-/m1/s1. The molecule has 1 amide bonds. The van der Waals surface area contributed by atoms with Crippen LogP contribution in [0.1, 0.15) is 22.8 Å². The zero-order valence-corrected chi connectivity index (χ0v) is 12.6. The zero-order valence-electron chi connectivity index (χ0n) is 11.8. The number of carbonyl (C=O) groups is 2. The maximum atomic E-state index is 11.9. The van der Waals surface area contributed by atoms with Crippen LogP contribution in [0.3, 0.4) is 0 Å². The van der Waals surface area contributed by atoms with Gasteiger partial charge in [-0.3, -0.25) is 14.3 Å². The molecule has 1 aromatic carbocycles. The van der Waals surface area contributed by atoms with E-state index in [-0.39, 0.29) is 11.6 Å². The van der Waals surface area contributed by atoms with E-state index in [0.29, 0.717) is 11.4 Å². The van der Waals surface area contributed by atoms with Crippen LogP contribution in [-0.2, 0) is 18.3 Å². The van der Waals surface area contributed by atoms with Gasteiger partial charge in [-0.15, -0.1) is 0 Å². The number of hydrogen-bond donors (Lipinski definition) is 1. The summed E-state index contributed by atoms with van der Waals surface area (Å²) in [5.41, 5.74) is 1.29. The lowest BCUT2D eigenvalue weighted by molar-refractivity contribution is -0.117. The van der Waals surface area contributed by atoms with Crippen LogP contribution in [0.15, 0.2) is 36.7 Å². The monoisotopic (exact) mass is 305 g/mol. The molecule has 0 spiro atoms. The van der Waals surface area contributed by atoms with Gasteiger partial charge in [0.1, 0.15) is 0 Å². The number of aromatic nitrogens is 2. The van der Waals surface area contributed by atoms with Crippen molar-refractivity contribution in [1.29, 1.82) is 0 Å². The fourth-order valence-corrected chi connectivity index (χ4v) is 2.24. The Hall–Kier alpha value is -2.14. The quantitative estimate of drug-likeness (QED) is 0.679. The molecule has 0 aliphatic carbocycles. The van der Waals surface area contributed by atoms with E-state index in [1.54, 1.807) is 13.1 Å². The van der Waals surface area contributed by atoms with E-state index in [1.807, 2.05) is 25.1 Å². The van der Waals surface area contributed by atoms with E-state index in [0.717, 1.165) is 5.56 Å². The summed E-state index contributed by atoms with van der Waals surface area (Å²) in [7, 11) is 1.69. The lowest BCUT2D eigenvalue weighted by atomic mass is 10.1. The highest BCUT2D eigenvalue weighted by atomic mass is 35.5. The predicted octanol–water partition coefficient (Wildman–Crippen LogP) is 2.00. The summed E-state index contributed by atoms with van der Waals surface area (Å²) in [6, 6.07) is 7.24. The van der Waals surface area contributed by atoms with Crippen LogP contribution in [0.2, 0.25) is 5.02 Å². The average molecular weight is 306 g/mol. The van der Waals surface area contributed by atoms with E-state index < -0.39 is 11.7 Å². The molecule has 0 aliphatic heterocycles. The zero-order chi connectivity index (χ0) is 15.4. The molecule has 6 heteroatoms. The van der Waals surface area contributed by atoms with E-state index >= 15 is 0 Å². The highest BCUT2D eigenvalue weighted by Crippen LogP contribution is 2.12. The first-order valence-corrected chi connectivity index (χ1v) is 6.92. The van der Waals surface area contributed by atoms with Gasteiger partial charge in [-0.05, 0) is 31.0 Å². The Morgan fingerprint density at radius 3 is 2.81 bits per heavy atom. The molecule has 0 saturated heterocycles. The van der Waals surface area contributed by atoms with Crippen molar-refractivity contribution >= 4 is 23.3 Å². The van der Waals surface area contributed by atoms with Crippen LogP contribution in [0.5, 0.6) is 0 Å². The molecule has 5 nitrogen and oxygen atoms in total. The topological polar surface area (TPSA) is 64.0 Å². The smallest absolute Gasteiger partial charge is 0.292 e. The SMILES string of the molecule is C[C@H](Cc1cccc(Cl)c1)NC(=O)C(=O)c1cnn(C)c1. The number of nitrogens with one attached hydrogen (secondary N) is 1. The second kappa shape index (κ2) is 6.54. The summed E-state index contributed by atoms with van der Waals surface area (Å²) in [4.78, 5) is 23.8. The molecule has 0 saturated carbocycles. The fraction of sp³-hybridized carbons (Fsp3) is 0.267. The number of halogens is 1. The number of amides is 1. The molecule has 1 atom stereocenters. The van der Waals surface area contributed by atoms with Gasteiger partial charge in [-0.2, -0.15) is 5.10 Å². The first-order valence-electron chi connectivity index (χ1n) is 6.54. The van der Waals surface area contributed by atoms with Crippen molar-refractivity contribution in [2.45, 2.75) is 19.4 Å². The minimum atomic E-state index is -0.627. The number of hydrogen-bond acceptors (Lipinski definition) is 3. The maximum Gasteiger partial charge on any atom is 0.292 e. The van der Waals surface area contributed by atoms with Gasteiger partial charge in [0.15, 0.2) is 0 Å². The van der Waals surface area contributed by atoms with Crippen molar-refractivity contribution in [3.8, 4) is 0 Å². The second-order valence-electron chi connectivity index (χ2n) is 4.94. The Bertz CT molecular complexity index is 666. The minimum absolute atomic E-state index is 0.170. The Kier molecular flexibility index (Phi) is 4.75. The number of ketones is 1. The van der Waals surface area contributed by atoms with Crippen molar-refractivity contribution in [1.82, 2.24) is 15.1 Å². The molecule has 1 aromatic heterocycles. The Labute approximate surface area is 127 Å². The molecule has 0 radical (unpaired) electrons. The Morgan fingerprint density at radius 2 is 2.19 bits per heavy atom. The molecule has 110 valence electrons. The fourth-order valence-electron chi connectivity index (χ4n) is 2.03. The van der Waals surface area contributed by atoms with Crippen LogP contribution in [0.4, 0.5) is 0 Å². The van der Waals surface area contributed by atoms with Crippen molar-refractivity contribution in [3.05, 3.63) is 52.8 Å². The van der Waals surface area contributed by atoms with Crippen molar-refractivity contribution < 1.29 is 9.59 Å². The molecule has 0 fully saturated rings. The molecule has 0 aliphatic rings. The van der Waals surface area contributed by atoms with Crippen molar-refractivity contribution in [2.24, 2.45) is 7.05 Å². The number of aryl methyl sites for hydroxylation is 1. The summed E-state index contributed by atoms with van der Waals surface area (Å²) < 4.78 is 1.48. The Balaban J connectivity index is 1.94. The third-order valence-corrected chi connectivity index (χ3v) is 3.22. The highest BCUT2D eigenvalue weighted by molar-refractivity contribution is 6.42. The number of rotatable bonds is 5. The first-order chi connectivity index (χ1) is 9.95. The summed E-state index contributed by atoms with van der Waals surface area (Å²) in [5.74, 6) is -1.21. The van der Waals surface area contributed by atoms with Crippen molar-refractivity contribution in [2.75, 3.05) is 0 Å². The van der Waals surface area contributed by atoms with Crippen LogP contribution in [0.25, 0.3) is 0 Å². The van der Waals surface area contributed by atoms with E-state index in [1.165, 1.54) is 17.1 Å². The summed E-state index contributed by atoms with van der Waals surface area (Å²) in [5, 5.41) is 7.22. The molecular weight excluding hydrogens is 290 g/mol. The third kappa shape index (κ3) is 4.16. The van der Waals surface area contributed by atoms with Crippen LogP contribution >= 0.6 is 11.6 Å². The molecule has 1 N–H and O–H groups in total. The van der Waals surface area contributed by atoms with Gasteiger partial charge in [-0.25, -0.2) is 0 Å². The number of nitrogens with zero attached hydrogens (tertiary/aromatic N) is 2. The molecule has 0 unspecified atom stereocenters. The van der Waals surface area contributed by atoms with Gasteiger partial charge >= 0.3 is 0 Å². The molecule has 1 heterocycles. The lowest BCUT2D eigenvalue weighted by Gasteiger charge is -2.13. The average Bonchev–Trinajstić information content (AvgIpc) is 2.84. The van der Waals surface area contributed by atoms with Crippen LogP contribution < -0.4 is 5.32 Å². The van der Waals surface area contributed by atoms with Gasteiger partial charge in [0.25, 0.3) is 11.7 Å². The van der Waals surface area contributed by atoms with E-state index in [4.69, 9.17) is 11.6 Å². The van der Waals surface area contributed by atoms with Gasteiger partial charge in [0, 0.05) is 24.3 Å². The lowest BCUT2D eigenvalue weighted by Crippen LogP contribution is -2.38. The molecule has 2 rings (SSSR count).